The number of rotatable bonds is 11. The number of aliphatic carboxylic acids is 1. The molecule has 1 fully saturated rings. The summed E-state index contributed by atoms with van der Waals surface area (Å²) < 4.78 is 14.1. The number of hydrogen-bond donors (Lipinski definition) is 2. The lowest BCUT2D eigenvalue weighted by Gasteiger charge is -2.47. The van der Waals surface area contributed by atoms with Crippen LogP contribution in [0.4, 0.5) is 5.69 Å². The van der Waals surface area contributed by atoms with E-state index in [4.69, 9.17) is 21.1 Å². The fraction of sp³-hybridized carbons (Fsp3) is 0.432. The minimum atomic E-state index is -1.07. The SMILES string of the molecule is Cc1nc2cc(OCc3ccc4c(c3)C3(CCC(Nc5cccc(Cl)c5)(C(=O)O)CC3)[C@@H](C[C@@H](C)COc3ccnc5c3[C@H](C)CCC5)C4)ccc2s1. The lowest BCUT2D eigenvalue weighted by Crippen LogP contribution is -2.53. The van der Waals surface area contributed by atoms with Crippen molar-refractivity contribution in [3.05, 3.63) is 111 Å². The molecule has 2 N–H and O–H groups in total. The van der Waals surface area contributed by atoms with E-state index in [1.807, 2.05) is 55.6 Å². The molecule has 0 unspecified atom stereocenters. The third-order valence-electron chi connectivity index (χ3n) is 12.2. The molecule has 1 spiro atoms. The molecule has 8 rings (SSSR count). The molecule has 3 aromatic carbocycles. The van der Waals surface area contributed by atoms with Crippen LogP contribution in [-0.2, 0) is 29.7 Å². The average molecular weight is 750 g/mol. The summed E-state index contributed by atoms with van der Waals surface area (Å²) in [5.41, 5.74) is 6.83. The normalized spacial score (nSPS) is 24.1. The first kappa shape index (κ1) is 35.9. The number of carboxylic acids is 1. The predicted octanol–water partition coefficient (Wildman–Crippen LogP) is 10.7. The van der Waals surface area contributed by atoms with Crippen molar-refractivity contribution in [1.29, 1.82) is 0 Å². The van der Waals surface area contributed by atoms with Gasteiger partial charge in [-0.2, -0.15) is 0 Å². The maximum absolute atomic E-state index is 13.0. The molecule has 0 bridgehead atoms. The minimum absolute atomic E-state index is 0.143. The van der Waals surface area contributed by atoms with Gasteiger partial charge in [0.05, 0.1) is 21.8 Å². The fourth-order valence-electron chi connectivity index (χ4n) is 9.51. The van der Waals surface area contributed by atoms with Crippen molar-refractivity contribution >= 4 is 44.8 Å². The van der Waals surface area contributed by atoms with E-state index in [-0.39, 0.29) is 5.41 Å². The molecule has 0 amide bonds. The summed E-state index contributed by atoms with van der Waals surface area (Å²) in [6, 6.07) is 22.4. The first-order valence-corrected chi connectivity index (χ1v) is 20.3. The third kappa shape index (κ3) is 7.12. The predicted molar refractivity (Wildman–Crippen MR) is 213 cm³/mol. The Bertz CT molecular complexity index is 2140. The van der Waals surface area contributed by atoms with Gasteiger partial charge in [0.25, 0.3) is 0 Å². The number of aryl methyl sites for hydroxylation is 2. The van der Waals surface area contributed by atoms with Crippen LogP contribution in [0.25, 0.3) is 10.2 Å². The fourth-order valence-corrected chi connectivity index (χ4v) is 10.5. The number of nitrogens with one attached hydrogen (secondary N) is 1. The first-order valence-electron chi connectivity index (χ1n) is 19.1. The smallest absolute Gasteiger partial charge is 0.329 e. The van der Waals surface area contributed by atoms with Gasteiger partial charge in [-0.1, -0.05) is 49.7 Å². The molecule has 0 radical (unpaired) electrons. The highest BCUT2D eigenvalue weighted by Gasteiger charge is 2.54. The Kier molecular flexibility index (Phi) is 9.88. The number of halogens is 1. The van der Waals surface area contributed by atoms with Crippen molar-refractivity contribution in [3.8, 4) is 11.5 Å². The lowest BCUT2D eigenvalue weighted by molar-refractivity contribution is -0.144. The summed E-state index contributed by atoms with van der Waals surface area (Å²) >= 11 is 8.00. The third-order valence-corrected chi connectivity index (χ3v) is 13.4. The quantitative estimate of drug-likeness (QED) is 0.139. The van der Waals surface area contributed by atoms with Crippen LogP contribution < -0.4 is 14.8 Å². The molecule has 9 heteroatoms. The molecule has 3 atom stereocenters. The van der Waals surface area contributed by atoms with Crippen LogP contribution in [0, 0.1) is 18.8 Å². The Hall–Kier alpha value is -4.14. The van der Waals surface area contributed by atoms with E-state index in [0.29, 0.717) is 48.8 Å². The van der Waals surface area contributed by atoms with Gasteiger partial charge in [-0.25, -0.2) is 9.78 Å². The van der Waals surface area contributed by atoms with E-state index in [2.05, 4.69) is 53.4 Å². The highest BCUT2D eigenvalue weighted by atomic mass is 35.5. The zero-order chi connectivity index (χ0) is 36.7. The summed E-state index contributed by atoms with van der Waals surface area (Å²) in [6.45, 7) is 7.72. The first-order chi connectivity index (χ1) is 25.6. The molecule has 3 aliphatic carbocycles. The molecule has 0 saturated heterocycles. The Balaban J connectivity index is 1.04. The number of aromatic nitrogens is 2. The van der Waals surface area contributed by atoms with Gasteiger partial charge >= 0.3 is 5.97 Å². The summed E-state index contributed by atoms with van der Waals surface area (Å²) in [4.78, 5) is 22.4. The second kappa shape index (κ2) is 14.6. The topological polar surface area (TPSA) is 93.6 Å². The Morgan fingerprint density at radius 1 is 1.08 bits per heavy atom. The zero-order valence-corrected chi connectivity index (χ0v) is 32.4. The van der Waals surface area contributed by atoms with E-state index in [1.54, 1.807) is 11.3 Å². The summed E-state index contributed by atoms with van der Waals surface area (Å²) in [7, 11) is 0. The Morgan fingerprint density at radius 3 is 2.74 bits per heavy atom. The lowest BCUT2D eigenvalue weighted by atomic mass is 9.59. The number of nitrogens with zero attached hydrogens (tertiary/aromatic N) is 2. The monoisotopic (exact) mass is 749 g/mol. The highest BCUT2D eigenvalue weighted by molar-refractivity contribution is 7.18. The van der Waals surface area contributed by atoms with Crippen LogP contribution in [0.15, 0.2) is 72.9 Å². The van der Waals surface area contributed by atoms with E-state index in [0.717, 1.165) is 70.1 Å². The molecular weight excluding hydrogens is 702 g/mol. The van der Waals surface area contributed by atoms with Crippen molar-refractivity contribution in [2.24, 2.45) is 11.8 Å². The van der Waals surface area contributed by atoms with Crippen LogP contribution in [0.5, 0.6) is 11.5 Å². The number of benzene rings is 3. The van der Waals surface area contributed by atoms with Crippen LogP contribution in [0.3, 0.4) is 0 Å². The van der Waals surface area contributed by atoms with Gasteiger partial charge < -0.3 is 19.9 Å². The maximum Gasteiger partial charge on any atom is 0.329 e. The molecule has 2 aromatic heterocycles. The second-order valence-electron chi connectivity index (χ2n) is 15.8. The molecule has 7 nitrogen and oxygen atoms in total. The Morgan fingerprint density at radius 2 is 1.92 bits per heavy atom. The largest absolute Gasteiger partial charge is 0.493 e. The molecule has 1 saturated carbocycles. The van der Waals surface area contributed by atoms with Gasteiger partial charge in [-0.05, 0) is 141 Å². The van der Waals surface area contributed by atoms with Crippen molar-refractivity contribution in [3.63, 3.8) is 0 Å². The van der Waals surface area contributed by atoms with Crippen LogP contribution in [-0.4, -0.2) is 33.2 Å². The van der Waals surface area contributed by atoms with E-state index in [1.165, 1.54) is 35.2 Å². The van der Waals surface area contributed by atoms with Crippen LogP contribution in [0.1, 0.15) is 97.7 Å². The van der Waals surface area contributed by atoms with Gasteiger partial charge in [-0.15, -0.1) is 11.3 Å². The van der Waals surface area contributed by atoms with E-state index in [9.17, 15) is 9.90 Å². The molecule has 53 heavy (non-hydrogen) atoms. The molecule has 2 heterocycles. The number of thiazole rings is 1. The summed E-state index contributed by atoms with van der Waals surface area (Å²) in [6.07, 6.45) is 9.83. The van der Waals surface area contributed by atoms with Crippen molar-refractivity contribution in [2.75, 3.05) is 11.9 Å². The van der Waals surface area contributed by atoms with Gasteiger partial charge in [0.2, 0.25) is 0 Å². The van der Waals surface area contributed by atoms with Crippen molar-refractivity contribution in [1.82, 2.24) is 9.97 Å². The highest BCUT2D eigenvalue weighted by Crippen LogP contribution is 2.56. The Labute approximate surface area is 321 Å². The number of ether oxygens (including phenoxy) is 2. The standard InChI is InChI=1S/C44H48ClN3O4S/c1-27(25-52-39-14-19-46-37-9-4-6-28(2)41(37)39)20-32-22-31-11-10-30(26-51-35-12-13-40-38(24-35)47-29(3)53-40)21-36(31)43(32)15-17-44(18-16-43,42(49)50)48-34-8-5-7-33(45)23-34/h5,7-8,10-14,19,21,23-24,27-28,32,48H,4,6,9,15-18,20,22,25-26H2,1-3H3,(H,49,50)/t27-,28-,32+,43?,44?/m1/s1. The number of carbonyl (C=O) groups is 1. The average Bonchev–Trinajstić information content (AvgIpc) is 3.66. The minimum Gasteiger partial charge on any atom is -0.493 e. The number of fused-ring (bicyclic) bond motifs is 4. The van der Waals surface area contributed by atoms with E-state index >= 15 is 0 Å². The molecule has 5 aromatic rings. The van der Waals surface area contributed by atoms with Crippen LogP contribution in [0.2, 0.25) is 5.02 Å². The molecule has 0 aliphatic heterocycles. The molecule has 3 aliphatic rings. The summed E-state index contributed by atoms with van der Waals surface area (Å²) in [5, 5.41) is 15.7. The van der Waals surface area contributed by atoms with Gasteiger partial charge in [0.1, 0.15) is 23.6 Å². The van der Waals surface area contributed by atoms with E-state index < -0.39 is 11.5 Å². The number of anilines is 1. The van der Waals surface area contributed by atoms with Crippen molar-refractivity contribution < 1.29 is 19.4 Å². The number of carboxylic acid groups (broad SMARTS) is 1. The van der Waals surface area contributed by atoms with Gasteiger partial charge in [0, 0.05) is 34.2 Å². The molecular formula is C44H48ClN3O4S. The number of pyridine rings is 1. The van der Waals surface area contributed by atoms with Crippen LogP contribution >= 0.6 is 22.9 Å². The molecule has 276 valence electrons. The number of hydrogen-bond acceptors (Lipinski definition) is 7. The van der Waals surface area contributed by atoms with Gasteiger partial charge in [0.15, 0.2) is 0 Å². The van der Waals surface area contributed by atoms with Crippen molar-refractivity contribution in [2.45, 2.75) is 102 Å². The maximum atomic E-state index is 13.0. The second-order valence-corrected chi connectivity index (χ2v) is 17.5. The summed E-state index contributed by atoms with van der Waals surface area (Å²) in [5.74, 6) is 2.13. The van der Waals surface area contributed by atoms with Gasteiger partial charge in [-0.3, -0.25) is 4.98 Å². The zero-order valence-electron chi connectivity index (χ0n) is 30.8.